The summed E-state index contributed by atoms with van der Waals surface area (Å²) in [6.07, 6.45) is -3.59. The van der Waals surface area contributed by atoms with E-state index in [0.29, 0.717) is 0 Å². The molecule has 0 aliphatic carbocycles. The summed E-state index contributed by atoms with van der Waals surface area (Å²) >= 11 is 0. The predicted molar refractivity (Wildman–Crippen MR) is 54.1 cm³/mol. The van der Waals surface area contributed by atoms with Crippen LogP contribution in [-0.2, 0) is 23.9 Å². The maximum atomic E-state index is 11.4. The summed E-state index contributed by atoms with van der Waals surface area (Å²) in [4.78, 5) is 68.1. The van der Waals surface area contributed by atoms with E-state index in [1.54, 1.807) is 0 Å². The first kappa shape index (κ1) is 12.9. The third-order valence-electron chi connectivity index (χ3n) is 2.64. The van der Waals surface area contributed by atoms with Gasteiger partial charge in [0.25, 0.3) is 0 Å². The molecule has 0 aromatic heterocycles. The highest BCUT2D eigenvalue weighted by atomic mass is 16.6. The Labute approximate surface area is 106 Å². The van der Waals surface area contributed by atoms with Crippen LogP contribution in [-0.4, -0.2) is 45.6 Å². The van der Waals surface area contributed by atoms with Crippen LogP contribution in [0, 0.1) is 0 Å². The Morgan fingerprint density at radius 1 is 0.684 bits per heavy atom. The molecule has 0 aromatic rings. The topological polar surface area (TPSA) is 118 Å². The monoisotopic (exact) mass is 268 g/mol. The van der Waals surface area contributed by atoms with E-state index in [2.05, 4.69) is 4.74 Å². The molecule has 0 aromatic carbocycles. The Balaban J connectivity index is 2.05. The maximum Gasteiger partial charge on any atom is 0.432 e. The molecular formula is C10H8N2O7. The Hall–Kier alpha value is -2.58. The number of carbonyl (C=O) groups is 6. The first-order valence-electron chi connectivity index (χ1n) is 5.39. The van der Waals surface area contributed by atoms with E-state index in [-0.39, 0.29) is 35.5 Å². The molecule has 2 heterocycles. The number of nitrogens with zero attached hydrogens (tertiary/aromatic N) is 2. The Morgan fingerprint density at radius 3 is 1.21 bits per heavy atom. The van der Waals surface area contributed by atoms with E-state index in [0.717, 1.165) is 0 Å². The lowest BCUT2D eigenvalue weighted by atomic mass is 10.4. The minimum Gasteiger partial charge on any atom is -0.358 e. The minimum absolute atomic E-state index is 0.149. The molecule has 9 heteroatoms. The van der Waals surface area contributed by atoms with Gasteiger partial charge in [0.05, 0.1) is 0 Å². The maximum absolute atomic E-state index is 11.4. The van der Waals surface area contributed by atoms with Crippen molar-refractivity contribution in [1.82, 2.24) is 9.80 Å². The van der Waals surface area contributed by atoms with Crippen LogP contribution in [0.15, 0.2) is 0 Å². The van der Waals surface area contributed by atoms with Crippen molar-refractivity contribution in [3.05, 3.63) is 0 Å². The van der Waals surface area contributed by atoms with Crippen LogP contribution in [0.1, 0.15) is 25.7 Å². The highest BCUT2D eigenvalue weighted by Gasteiger charge is 2.41. The number of rotatable bonds is 0. The molecule has 2 saturated heterocycles. The van der Waals surface area contributed by atoms with Crippen molar-refractivity contribution in [2.24, 2.45) is 0 Å². The molecule has 0 atom stereocenters. The molecular weight excluding hydrogens is 260 g/mol. The molecule has 2 fully saturated rings. The fourth-order valence-electron chi connectivity index (χ4n) is 1.73. The second-order valence-corrected chi connectivity index (χ2v) is 3.88. The number of hydrogen-bond acceptors (Lipinski definition) is 7. The number of hydrogen-bond donors (Lipinski definition) is 0. The molecule has 0 bridgehead atoms. The highest BCUT2D eigenvalue weighted by Crippen LogP contribution is 2.16. The van der Waals surface area contributed by atoms with E-state index in [1.165, 1.54) is 0 Å². The molecule has 0 radical (unpaired) electrons. The number of carbonyl (C=O) groups excluding carboxylic acids is 6. The van der Waals surface area contributed by atoms with Gasteiger partial charge >= 0.3 is 12.2 Å². The lowest BCUT2D eigenvalue weighted by molar-refractivity contribution is -0.135. The SMILES string of the molecule is O=C1CCC(=O)N1C(=O)OC(=O)N1C(=O)CCC1=O. The highest BCUT2D eigenvalue weighted by molar-refractivity contribution is 6.18. The van der Waals surface area contributed by atoms with Gasteiger partial charge in [0.15, 0.2) is 0 Å². The number of amides is 6. The zero-order valence-corrected chi connectivity index (χ0v) is 9.58. The van der Waals surface area contributed by atoms with Crippen molar-refractivity contribution < 1.29 is 33.5 Å². The summed E-state index contributed by atoms with van der Waals surface area (Å²) in [5.41, 5.74) is 0. The van der Waals surface area contributed by atoms with Crippen molar-refractivity contribution in [3.63, 3.8) is 0 Å². The Kier molecular flexibility index (Phi) is 3.11. The normalized spacial score (nSPS) is 19.4. The lowest BCUT2D eigenvalue weighted by Crippen LogP contribution is -2.42. The Bertz CT molecular complexity index is 446. The van der Waals surface area contributed by atoms with E-state index in [1.807, 2.05) is 0 Å². The van der Waals surface area contributed by atoms with E-state index >= 15 is 0 Å². The van der Waals surface area contributed by atoms with Crippen LogP contribution in [0.25, 0.3) is 0 Å². The van der Waals surface area contributed by atoms with Gasteiger partial charge in [0.1, 0.15) is 0 Å². The van der Waals surface area contributed by atoms with Crippen LogP contribution >= 0.6 is 0 Å². The summed E-state index contributed by atoms with van der Waals surface area (Å²) in [5.74, 6) is -3.16. The van der Waals surface area contributed by atoms with Gasteiger partial charge in [-0.25, -0.2) is 9.59 Å². The first-order chi connectivity index (χ1) is 8.91. The lowest BCUT2D eigenvalue weighted by Gasteiger charge is -2.14. The van der Waals surface area contributed by atoms with E-state index in [9.17, 15) is 28.8 Å². The first-order valence-corrected chi connectivity index (χ1v) is 5.39. The average molecular weight is 268 g/mol. The summed E-state index contributed by atoms with van der Waals surface area (Å²) < 4.78 is 4.19. The van der Waals surface area contributed by atoms with Crippen molar-refractivity contribution in [1.29, 1.82) is 0 Å². The van der Waals surface area contributed by atoms with E-state index < -0.39 is 35.8 Å². The molecule has 2 aliphatic rings. The second-order valence-electron chi connectivity index (χ2n) is 3.88. The standard InChI is InChI=1S/C10H8N2O7/c13-5-1-2-6(14)11(5)9(17)19-10(18)12-7(15)3-4-8(12)16/h1-4H2. The summed E-state index contributed by atoms with van der Waals surface area (Å²) in [6.45, 7) is 0. The number of imide groups is 6. The third-order valence-corrected chi connectivity index (χ3v) is 2.64. The van der Waals surface area contributed by atoms with Gasteiger partial charge in [-0.3, -0.25) is 19.2 Å². The summed E-state index contributed by atoms with van der Waals surface area (Å²) in [5, 5.41) is 0. The van der Waals surface area contributed by atoms with E-state index in [4.69, 9.17) is 0 Å². The number of likely N-dealkylation sites (tertiary alicyclic amines) is 2. The molecule has 0 N–H and O–H groups in total. The molecule has 9 nitrogen and oxygen atoms in total. The van der Waals surface area contributed by atoms with Gasteiger partial charge in [-0.15, -0.1) is 0 Å². The van der Waals surface area contributed by atoms with Crippen LogP contribution in [0.2, 0.25) is 0 Å². The number of ether oxygens (including phenoxy) is 1. The van der Waals surface area contributed by atoms with Crippen LogP contribution in [0.3, 0.4) is 0 Å². The molecule has 0 spiro atoms. The van der Waals surface area contributed by atoms with Gasteiger partial charge < -0.3 is 4.74 Å². The molecule has 0 unspecified atom stereocenters. The molecule has 2 rings (SSSR count). The predicted octanol–water partition coefficient (Wildman–Crippen LogP) is -0.459. The molecule has 0 saturated carbocycles. The zero-order valence-electron chi connectivity index (χ0n) is 9.58. The van der Waals surface area contributed by atoms with Crippen molar-refractivity contribution in [2.45, 2.75) is 25.7 Å². The van der Waals surface area contributed by atoms with Crippen LogP contribution < -0.4 is 0 Å². The van der Waals surface area contributed by atoms with Gasteiger partial charge in [-0.2, -0.15) is 9.80 Å². The Morgan fingerprint density at radius 2 is 0.947 bits per heavy atom. The molecule has 6 amide bonds. The smallest absolute Gasteiger partial charge is 0.358 e. The molecule has 19 heavy (non-hydrogen) atoms. The van der Waals surface area contributed by atoms with Crippen LogP contribution in [0.4, 0.5) is 9.59 Å². The quantitative estimate of drug-likeness (QED) is 0.430. The minimum atomic E-state index is -1.50. The molecule has 100 valence electrons. The average Bonchev–Trinajstić information content (AvgIpc) is 2.82. The summed E-state index contributed by atoms with van der Waals surface area (Å²) in [7, 11) is 0. The summed E-state index contributed by atoms with van der Waals surface area (Å²) in [6, 6.07) is 0. The van der Waals surface area contributed by atoms with Crippen molar-refractivity contribution >= 4 is 35.8 Å². The van der Waals surface area contributed by atoms with Gasteiger partial charge in [-0.05, 0) is 0 Å². The van der Waals surface area contributed by atoms with Gasteiger partial charge in [-0.1, -0.05) is 0 Å². The van der Waals surface area contributed by atoms with Crippen molar-refractivity contribution in [3.8, 4) is 0 Å². The second kappa shape index (κ2) is 4.59. The largest absolute Gasteiger partial charge is 0.432 e. The zero-order chi connectivity index (χ0) is 14.2. The fraction of sp³-hybridized carbons (Fsp3) is 0.400. The molecule has 2 aliphatic heterocycles. The third kappa shape index (κ3) is 2.21. The fourth-order valence-corrected chi connectivity index (χ4v) is 1.73. The van der Waals surface area contributed by atoms with Gasteiger partial charge in [0.2, 0.25) is 23.6 Å². The van der Waals surface area contributed by atoms with Gasteiger partial charge in [0, 0.05) is 25.7 Å². The van der Waals surface area contributed by atoms with Crippen LogP contribution in [0.5, 0.6) is 0 Å². The van der Waals surface area contributed by atoms with Crippen molar-refractivity contribution in [2.75, 3.05) is 0 Å².